The number of hydrogen-bond acceptors (Lipinski definition) is 0. The highest BCUT2D eigenvalue weighted by Crippen LogP contribution is 2.17. The summed E-state index contributed by atoms with van der Waals surface area (Å²) in [5.41, 5.74) is 3.66. The smallest absolute Gasteiger partial charge is 0.0428 e. The lowest BCUT2D eigenvalue weighted by atomic mass is 10.1. The Balaban J connectivity index is 1.86. The van der Waals surface area contributed by atoms with Gasteiger partial charge in [0.15, 0.2) is 0 Å². The highest BCUT2D eigenvalue weighted by atomic mass is 15.0. The van der Waals surface area contributed by atoms with Crippen molar-refractivity contribution in [2.75, 3.05) is 0 Å². The summed E-state index contributed by atoms with van der Waals surface area (Å²) in [5.74, 6) is 6.45. The number of benzene rings is 1. The molecule has 0 saturated heterocycles. The van der Waals surface area contributed by atoms with Crippen LogP contribution in [0.1, 0.15) is 29.7 Å². The average Bonchev–Trinajstić information content (AvgIpc) is 2.80. The highest BCUT2D eigenvalue weighted by Gasteiger charge is 2.08. The summed E-state index contributed by atoms with van der Waals surface area (Å²) in [6.07, 6.45) is 6.00. The van der Waals surface area contributed by atoms with Crippen LogP contribution in [0.4, 0.5) is 0 Å². The van der Waals surface area contributed by atoms with E-state index in [1.807, 2.05) is 30.3 Å². The molecule has 0 fully saturated rings. The van der Waals surface area contributed by atoms with Gasteiger partial charge in [-0.3, -0.25) is 0 Å². The standard InChI is InChI=1S/C16H15N/c1-2-6-14(7-3-1)9-10-15-12-16-8-4-5-11-17(16)13-15/h1-3,6-7,12-13H,4-5,8,11H2. The highest BCUT2D eigenvalue weighted by molar-refractivity contribution is 5.43. The molecule has 2 aromatic rings. The van der Waals surface area contributed by atoms with Crippen LogP contribution < -0.4 is 0 Å². The predicted octanol–water partition coefficient (Wildman–Crippen LogP) is 3.22. The molecule has 0 spiro atoms. The van der Waals surface area contributed by atoms with Gasteiger partial charge in [-0.25, -0.2) is 0 Å². The van der Waals surface area contributed by atoms with Crippen LogP contribution in [0.3, 0.4) is 0 Å². The maximum absolute atomic E-state index is 3.25. The van der Waals surface area contributed by atoms with Gasteiger partial charge < -0.3 is 4.57 Å². The van der Waals surface area contributed by atoms with E-state index in [0.29, 0.717) is 0 Å². The van der Waals surface area contributed by atoms with Crippen molar-refractivity contribution in [1.29, 1.82) is 0 Å². The molecule has 2 heterocycles. The molecule has 1 heteroatoms. The van der Waals surface area contributed by atoms with Gasteiger partial charge in [0.1, 0.15) is 0 Å². The molecule has 1 aliphatic heterocycles. The molecular formula is C16H15N. The fraction of sp³-hybridized carbons (Fsp3) is 0.250. The summed E-state index contributed by atoms with van der Waals surface area (Å²) >= 11 is 0. The number of rotatable bonds is 0. The van der Waals surface area contributed by atoms with Gasteiger partial charge >= 0.3 is 0 Å². The molecule has 17 heavy (non-hydrogen) atoms. The minimum Gasteiger partial charge on any atom is -0.350 e. The van der Waals surface area contributed by atoms with E-state index in [-0.39, 0.29) is 0 Å². The number of hydrogen-bond donors (Lipinski definition) is 0. The first-order chi connectivity index (χ1) is 8.42. The lowest BCUT2D eigenvalue weighted by Gasteiger charge is -2.13. The van der Waals surface area contributed by atoms with Crippen molar-refractivity contribution in [2.24, 2.45) is 0 Å². The first-order valence-electron chi connectivity index (χ1n) is 6.18. The van der Waals surface area contributed by atoms with Crippen LogP contribution >= 0.6 is 0 Å². The molecule has 3 rings (SSSR count). The van der Waals surface area contributed by atoms with Crippen LogP contribution in [-0.2, 0) is 13.0 Å². The lowest BCUT2D eigenvalue weighted by Crippen LogP contribution is -2.07. The van der Waals surface area contributed by atoms with Crippen LogP contribution in [0.5, 0.6) is 0 Å². The molecular weight excluding hydrogens is 206 g/mol. The van der Waals surface area contributed by atoms with Crippen molar-refractivity contribution in [3.63, 3.8) is 0 Å². The van der Waals surface area contributed by atoms with E-state index in [0.717, 1.165) is 17.7 Å². The summed E-state index contributed by atoms with van der Waals surface area (Å²) in [6.45, 7) is 1.16. The van der Waals surface area contributed by atoms with Crippen molar-refractivity contribution in [3.05, 3.63) is 59.4 Å². The molecule has 0 unspecified atom stereocenters. The molecule has 1 aromatic carbocycles. The predicted molar refractivity (Wildman–Crippen MR) is 69.8 cm³/mol. The third-order valence-electron chi connectivity index (χ3n) is 3.19. The molecule has 0 amide bonds. The van der Waals surface area contributed by atoms with Crippen LogP contribution in [0.2, 0.25) is 0 Å². The second-order valence-electron chi connectivity index (χ2n) is 4.49. The normalized spacial score (nSPS) is 13.6. The van der Waals surface area contributed by atoms with Gasteiger partial charge in [-0.15, -0.1) is 0 Å². The Hall–Kier alpha value is -1.94. The quantitative estimate of drug-likeness (QED) is 0.602. The fourth-order valence-electron chi connectivity index (χ4n) is 2.30. The Morgan fingerprint density at radius 3 is 2.59 bits per heavy atom. The number of nitrogens with zero attached hydrogens (tertiary/aromatic N) is 1. The van der Waals surface area contributed by atoms with Crippen molar-refractivity contribution < 1.29 is 0 Å². The Morgan fingerprint density at radius 2 is 1.76 bits per heavy atom. The zero-order chi connectivity index (χ0) is 11.5. The van der Waals surface area contributed by atoms with Crippen molar-refractivity contribution >= 4 is 0 Å². The Kier molecular flexibility index (Phi) is 2.71. The summed E-state index contributed by atoms with van der Waals surface area (Å²) in [5, 5.41) is 0. The Labute approximate surface area is 102 Å². The molecule has 0 bridgehead atoms. The van der Waals surface area contributed by atoms with Gasteiger partial charge in [0.2, 0.25) is 0 Å². The van der Waals surface area contributed by atoms with Gasteiger partial charge in [0.25, 0.3) is 0 Å². The zero-order valence-corrected chi connectivity index (χ0v) is 9.82. The fourth-order valence-corrected chi connectivity index (χ4v) is 2.30. The van der Waals surface area contributed by atoms with Gasteiger partial charge in [0, 0.05) is 29.6 Å². The van der Waals surface area contributed by atoms with Crippen molar-refractivity contribution in [3.8, 4) is 11.8 Å². The van der Waals surface area contributed by atoms with E-state index in [9.17, 15) is 0 Å². The molecule has 1 nitrogen and oxygen atoms in total. The van der Waals surface area contributed by atoms with Crippen molar-refractivity contribution in [2.45, 2.75) is 25.8 Å². The summed E-state index contributed by atoms with van der Waals surface area (Å²) in [4.78, 5) is 0. The van der Waals surface area contributed by atoms with E-state index in [1.54, 1.807) is 0 Å². The molecule has 1 aromatic heterocycles. The molecule has 0 saturated carbocycles. The second-order valence-corrected chi connectivity index (χ2v) is 4.49. The topological polar surface area (TPSA) is 4.93 Å². The molecule has 0 atom stereocenters. The second kappa shape index (κ2) is 4.51. The largest absolute Gasteiger partial charge is 0.350 e. The number of fused-ring (bicyclic) bond motifs is 1. The summed E-state index contributed by atoms with van der Waals surface area (Å²) in [7, 11) is 0. The molecule has 0 radical (unpaired) electrons. The SMILES string of the molecule is C(#Cc1cc2n(c1)CCCC2)c1ccccc1. The number of aromatic nitrogens is 1. The van der Waals surface area contributed by atoms with Gasteiger partial charge in [-0.05, 0) is 37.5 Å². The zero-order valence-electron chi connectivity index (χ0n) is 9.82. The minimum absolute atomic E-state index is 1.08. The van der Waals surface area contributed by atoms with Gasteiger partial charge in [0.05, 0.1) is 0 Å². The van der Waals surface area contributed by atoms with Gasteiger partial charge in [-0.1, -0.05) is 30.0 Å². The third kappa shape index (κ3) is 2.26. The van der Waals surface area contributed by atoms with E-state index >= 15 is 0 Å². The maximum atomic E-state index is 3.25. The van der Waals surface area contributed by atoms with E-state index < -0.39 is 0 Å². The van der Waals surface area contributed by atoms with Gasteiger partial charge in [-0.2, -0.15) is 0 Å². The Morgan fingerprint density at radius 1 is 0.941 bits per heavy atom. The first-order valence-corrected chi connectivity index (χ1v) is 6.18. The Bertz CT molecular complexity index is 543. The maximum Gasteiger partial charge on any atom is 0.0428 e. The molecule has 0 N–H and O–H groups in total. The van der Waals surface area contributed by atoms with Crippen LogP contribution in [0, 0.1) is 11.8 Å². The van der Waals surface area contributed by atoms with Crippen LogP contribution in [0.25, 0.3) is 0 Å². The number of aryl methyl sites for hydroxylation is 2. The van der Waals surface area contributed by atoms with Crippen LogP contribution in [-0.4, -0.2) is 4.57 Å². The van der Waals surface area contributed by atoms with E-state index in [2.05, 4.69) is 28.7 Å². The average molecular weight is 221 g/mol. The van der Waals surface area contributed by atoms with Crippen molar-refractivity contribution in [1.82, 2.24) is 4.57 Å². The summed E-state index contributed by atoms with van der Waals surface area (Å²) < 4.78 is 2.35. The first kappa shape index (κ1) is 10.2. The molecule has 84 valence electrons. The van der Waals surface area contributed by atoms with E-state index in [4.69, 9.17) is 0 Å². The lowest BCUT2D eigenvalue weighted by molar-refractivity contribution is 0.533. The minimum atomic E-state index is 1.08. The van der Waals surface area contributed by atoms with E-state index in [1.165, 1.54) is 25.0 Å². The third-order valence-corrected chi connectivity index (χ3v) is 3.19. The molecule has 1 aliphatic rings. The monoisotopic (exact) mass is 221 g/mol. The summed E-state index contributed by atoms with van der Waals surface area (Å²) in [6, 6.07) is 12.4. The van der Waals surface area contributed by atoms with Crippen LogP contribution in [0.15, 0.2) is 42.6 Å². The molecule has 0 aliphatic carbocycles.